The van der Waals surface area contributed by atoms with Gasteiger partial charge in [-0.2, -0.15) is 8.78 Å². The van der Waals surface area contributed by atoms with Gasteiger partial charge in [-0.25, -0.2) is 4.79 Å². The number of aliphatic hydroxyl groups is 1. The van der Waals surface area contributed by atoms with Crippen molar-refractivity contribution in [3.05, 3.63) is 12.7 Å². The number of aliphatic hydroxyl groups excluding tert-OH is 1. The summed E-state index contributed by atoms with van der Waals surface area (Å²) in [7, 11) is 0. The van der Waals surface area contributed by atoms with Gasteiger partial charge in [-0.05, 0) is 13.8 Å². The Hall–Kier alpha value is -1.05. The number of hydrogen-bond acceptors (Lipinski definition) is 5. The van der Waals surface area contributed by atoms with Crippen LogP contribution in [0.25, 0.3) is 0 Å². The third kappa shape index (κ3) is 3.24. The molecule has 5 nitrogen and oxygen atoms in total. The number of carbonyl (C=O) groups is 1. The van der Waals surface area contributed by atoms with Gasteiger partial charge in [0, 0.05) is 0 Å². The Morgan fingerprint density at radius 3 is 2.78 bits per heavy atom. The predicted octanol–water partition coefficient (Wildman–Crippen LogP) is 0.863. The van der Waals surface area contributed by atoms with E-state index in [0.717, 1.165) is 6.08 Å². The minimum absolute atomic E-state index is 0.224. The van der Waals surface area contributed by atoms with Crippen molar-refractivity contribution in [2.75, 3.05) is 13.2 Å². The van der Waals surface area contributed by atoms with Crippen LogP contribution in [0, 0.1) is 0 Å². The molecule has 1 heterocycles. The molecule has 2 atom stereocenters. The van der Waals surface area contributed by atoms with Crippen molar-refractivity contribution in [1.82, 2.24) is 0 Å². The van der Waals surface area contributed by atoms with Crippen molar-refractivity contribution >= 4 is 5.97 Å². The van der Waals surface area contributed by atoms with E-state index in [1.54, 1.807) is 0 Å². The van der Waals surface area contributed by atoms with Crippen LogP contribution >= 0.6 is 0 Å². The fourth-order valence-electron chi connectivity index (χ4n) is 1.46. The zero-order chi connectivity index (χ0) is 14.0. The fraction of sp³-hybridized carbons (Fsp3) is 0.727. The summed E-state index contributed by atoms with van der Waals surface area (Å²) in [5, 5.41) is 9.50. The lowest BCUT2D eigenvalue weighted by molar-refractivity contribution is -0.209. The minimum atomic E-state index is -4.06. The van der Waals surface area contributed by atoms with Crippen molar-refractivity contribution in [2.45, 2.75) is 37.8 Å². The Morgan fingerprint density at radius 2 is 2.33 bits per heavy atom. The van der Waals surface area contributed by atoms with Crippen molar-refractivity contribution in [3.63, 3.8) is 0 Å². The van der Waals surface area contributed by atoms with E-state index in [1.807, 2.05) is 0 Å². The molecule has 0 aliphatic carbocycles. The maximum Gasteiger partial charge on any atom is 0.380 e. The van der Waals surface area contributed by atoms with E-state index in [0.29, 0.717) is 0 Å². The number of carbonyl (C=O) groups excluding carboxylic acids is 1. The lowest BCUT2D eigenvalue weighted by atomic mass is 10.1. The molecule has 104 valence electrons. The number of esters is 1. The first-order valence-electron chi connectivity index (χ1n) is 5.36. The second-order valence-electron chi connectivity index (χ2n) is 4.32. The molecule has 0 spiro atoms. The van der Waals surface area contributed by atoms with Gasteiger partial charge in [-0.3, -0.25) is 0 Å². The molecular weight excluding hydrogens is 250 g/mol. The van der Waals surface area contributed by atoms with Crippen LogP contribution in [-0.2, 0) is 19.0 Å². The first-order valence-corrected chi connectivity index (χ1v) is 5.36. The molecule has 1 fully saturated rings. The van der Waals surface area contributed by atoms with Crippen LogP contribution in [0.2, 0.25) is 0 Å². The Bertz CT molecular complexity index is 329. The van der Waals surface area contributed by atoms with E-state index in [-0.39, 0.29) is 13.2 Å². The molecular formula is C11H16F2O5. The summed E-state index contributed by atoms with van der Waals surface area (Å²) >= 11 is 0. The maximum atomic E-state index is 13.5. The number of rotatable bonds is 5. The molecule has 0 aromatic heterocycles. The van der Waals surface area contributed by atoms with Crippen LogP contribution in [0.1, 0.15) is 13.8 Å². The second kappa shape index (κ2) is 5.29. The topological polar surface area (TPSA) is 65.0 Å². The van der Waals surface area contributed by atoms with E-state index in [2.05, 4.69) is 11.3 Å². The molecule has 0 amide bonds. The zero-order valence-electron chi connectivity index (χ0n) is 10.2. The third-order valence-corrected chi connectivity index (χ3v) is 2.36. The van der Waals surface area contributed by atoms with Crippen molar-refractivity contribution in [2.24, 2.45) is 0 Å². The molecule has 7 heteroatoms. The highest BCUT2D eigenvalue weighted by molar-refractivity contribution is 5.78. The molecule has 1 N–H and O–H groups in total. The molecule has 1 saturated heterocycles. The van der Waals surface area contributed by atoms with E-state index in [9.17, 15) is 18.7 Å². The Balaban J connectivity index is 2.67. The molecule has 0 aromatic carbocycles. The SMILES string of the molecule is C=CCOC(=O)C(F)(F)C(O)C1COC(C)(C)O1. The maximum absolute atomic E-state index is 13.5. The van der Waals surface area contributed by atoms with Crippen molar-refractivity contribution in [3.8, 4) is 0 Å². The summed E-state index contributed by atoms with van der Waals surface area (Å²) in [5.74, 6) is -6.94. The van der Waals surface area contributed by atoms with Gasteiger partial charge in [-0.1, -0.05) is 12.7 Å². The summed E-state index contributed by atoms with van der Waals surface area (Å²) in [6.45, 7) is 5.69. The Kier molecular flexibility index (Phi) is 4.41. The first kappa shape index (κ1) is 15.0. The summed E-state index contributed by atoms with van der Waals surface area (Å²) in [4.78, 5) is 11.1. The van der Waals surface area contributed by atoms with Crippen molar-refractivity contribution in [1.29, 1.82) is 0 Å². The summed E-state index contributed by atoms with van der Waals surface area (Å²) in [6, 6.07) is 0. The number of ether oxygens (including phenoxy) is 3. The monoisotopic (exact) mass is 266 g/mol. The number of halogens is 2. The van der Waals surface area contributed by atoms with E-state index >= 15 is 0 Å². The molecule has 0 aromatic rings. The average Bonchev–Trinajstić information content (AvgIpc) is 2.65. The molecule has 2 unspecified atom stereocenters. The molecule has 1 rings (SSSR count). The van der Waals surface area contributed by atoms with Gasteiger partial charge in [0.15, 0.2) is 11.9 Å². The minimum Gasteiger partial charge on any atom is -0.457 e. The molecule has 0 radical (unpaired) electrons. The standard InChI is InChI=1S/C11H16F2O5/c1-4-5-16-9(15)11(12,13)8(14)7-6-17-10(2,3)18-7/h4,7-8,14H,1,5-6H2,2-3H3. The molecule has 1 aliphatic heterocycles. The van der Waals surface area contributed by atoms with Gasteiger partial charge in [-0.15, -0.1) is 0 Å². The average molecular weight is 266 g/mol. The van der Waals surface area contributed by atoms with Gasteiger partial charge < -0.3 is 19.3 Å². The van der Waals surface area contributed by atoms with Crippen LogP contribution in [0.15, 0.2) is 12.7 Å². The Morgan fingerprint density at radius 1 is 1.72 bits per heavy atom. The third-order valence-electron chi connectivity index (χ3n) is 2.36. The lowest BCUT2D eigenvalue weighted by Crippen LogP contribution is -2.50. The van der Waals surface area contributed by atoms with Crippen LogP contribution in [-0.4, -0.2) is 48.2 Å². The summed E-state index contributed by atoms with van der Waals surface area (Å²) in [6.07, 6.45) is -2.46. The molecule has 18 heavy (non-hydrogen) atoms. The molecule has 1 aliphatic rings. The van der Waals surface area contributed by atoms with Crippen LogP contribution in [0.4, 0.5) is 8.78 Å². The van der Waals surface area contributed by atoms with Gasteiger partial charge in [0.1, 0.15) is 12.7 Å². The predicted molar refractivity (Wildman–Crippen MR) is 57.0 cm³/mol. The number of alkyl halides is 2. The van der Waals surface area contributed by atoms with E-state index in [4.69, 9.17) is 9.47 Å². The van der Waals surface area contributed by atoms with E-state index in [1.165, 1.54) is 13.8 Å². The van der Waals surface area contributed by atoms with Gasteiger partial charge in [0.05, 0.1) is 6.61 Å². The fourth-order valence-corrected chi connectivity index (χ4v) is 1.46. The van der Waals surface area contributed by atoms with Crippen LogP contribution in [0.3, 0.4) is 0 Å². The zero-order valence-corrected chi connectivity index (χ0v) is 10.2. The summed E-state index contributed by atoms with van der Waals surface area (Å²) < 4.78 is 41.4. The highest BCUT2D eigenvalue weighted by atomic mass is 19.3. The van der Waals surface area contributed by atoms with Gasteiger partial charge in [0.25, 0.3) is 0 Å². The largest absolute Gasteiger partial charge is 0.457 e. The Labute approximate surface area is 103 Å². The quantitative estimate of drug-likeness (QED) is 0.590. The smallest absolute Gasteiger partial charge is 0.380 e. The lowest BCUT2D eigenvalue weighted by Gasteiger charge is -2.25. The van der Waals surface area contributed by atoms with Gasteiger partial charge >= 0.3 is 11.9 Å². The summed E-state index contributed by atoms with van der Waals surface area (Å²) in [5.41, 5.74) is 0. The highest BCUT2D eigenvalue weighted by Crippen LogP contribution is 2.31. The molecule has 0 saturated carbocycles. The highest BCUT2D eigenvalue weighted by Gasteiger charge is 2.54. The normalized spacial score (nSPS) is 24.6. The number of hydrogen-bond donors (Lipinski definition) is 1. The molecule has 0 bridgehead atoms. The van der Waals surface area contributed by atoms with Gasteiger partial charge in [0.2, 0.25) is 0 Å². The van der Waals surface area contributed by atoms with E-state index < -0.39 is 29.9 Å². The van der Waals surface area contributed by atoms with Crippen LogP contribution in [0.5, 0.6) is 0 Å². The van der Waals surface area contributed by atoms with Crippen molar-refractivity contribution < 1.29 is 32.9 Å². The second-order valence-corrected chi connectivity index (χ2v) is 4.32. The first-order chi connectivity index (χ1) is 8.20. The van der Waals surface area contributed by atoms with Crippen LogP contribution < -0.4 is 0 Å².